The maximum Gasteiger partial charge on any atom is 0.138 e. The molecular formula is C10H8BrFO. The van der Waals surface area contributed by atoms with Gasteiger partial charge in [0.05, 0.1) is 11.1 Å². The fourth-order valence-corrected chi connectivity index (χ4v) is 1.04. The smallest absolute Gasteiger partial charge is 0.138 e. The first-order valence-electron chi connectivity index (χ1n) is 3.79. The Morgan fingerprint density at radius 3 is 2.85 bits per heavy atom. The van der Waals surface area contributed by atoms with Crippen molar-refractivity contribution in [1.29, 1.82) is 0 Å². The molecule has 0 aliphatic carbocycles. The number of aliphatic hydroxyl groups excluding tert-OH is 1. The zero-order valence-corrected chi connectivity index (χ0v) is 8.44. The Bertz CT molecular complexity index is 352. The molecular weight excluding hydrogens is 235 g/mol. The normalized spacial score (nSPS) is 9.15. The number of hydrogen-bond acceptors (Lipinski definition) is 1. The van der Waals surface area contributed by atoms with Crippen LogP contribution in [0.15, 0.2) is 22.7 Å². The minimum absolute atomic E-state index is 0.0337. The van der Waals surface area contributed by atoms with Gasteiger partial charge in [-0.25, -0.2) is 4.39 Å². The highest BCUT2D eigenvalue weighted by molar-refractivity contribution is 9.10. The van der Waals surface area contributed by atoms with Crippen molar-refractivity contribution in [2.75, 3.05) is 6.61 Å². The monoisotopic (exact) mass is 242 g/mol. The molecule has 1 rings (SSSR count). The van der Waals surface area contributed by atoms with Gasteiger partial charge >= 0.3 is 0 Å². The van der Waals surface area contributed by atoms with Crippen LogP contribution in [0, 0.1) is 17.7 Å². The van der Waals surface area contributed by atoms with Crippen LogP contribution in [0.3, 0.4) is 0 Å². The van der Waals surface area contributed by atoms with E-state index in [4.69, 9.17) is 5.11 Å². The Balaban J connectivity index is 2.81. The summed E-state index contributed by atoms with van der Waals surface area (Å²) < 4.78 is 13.4. The quantitative estimate of drug-likeness (QED) is 0.750. The summed E-state index contributed by atoms with van der Waals surface area (Å²) in [5.74, 6) is 5.14. The lowest BCUT2D eigenvalue weighted by Crippen LogP contribution is -1.81. The van der Waals surface area contributed by atoms with Gasteiger partial charge in [-0.1, -0.05) is 11.8 Å². The van der Waals surface area contributed by atoms with Gasteiger partial charge in [0.15, 0.2) is 0 Å². The molecule has 0 fully saturated rings. The second-order valence-corrected chi connectivity index (χ2v) is 3.26. The number of benzene rings is 1. The Kier molecular flexibility index (Phi) is 3.94. The average Bonchev–Trinajstić information content (AvgIpc) is 2.12. The predicted molar refractivity (Wildman–Crippen MR) is 52.7 cm³/mol. The van der Waals surface area contributed by atoms with Crippen molar-refractivity contribution in [2.24, 2.45) is 0 Å². The highest BCUT2D eigenvalue weighted by atomic mass is 79.9. The van der Waals surface area contributed by atoms with Gasteiger partial charge in [0, 0.05) is 12.0 Å². The number of aliphatic hydroxyl groups is 1. The summed E-state index contributed by atoms with van der Waals surface area (Å²) in [4.78, 5) is 0. The van der Waals surface area contributed by atoms with E-state index in [1.54, 1.807) is 12.1 Å². The molecule has 68 valence electrons. The summed E-state index contributed by atoms with van der Waals surface area (Å²) in [6.45, 7) is 0.0337. The second kappa shape index (κ2) is 5.00. The van der Waals surface area contributed by atoms with Crippen LogP contribution in [0.5, 0.6) is 0 Å². The molecule has 0 spiro atoms. The van der Waals surface area contributed by atoms with Crippen molar-refractivity contribution in [2.45, 2.75) is 6.42 Å². The SMILES string of the molecule is OCCC#Cc1ccc(Br)c(F)c1. The Morgan fingerprint density at radius 1 is 1.46 bits per heavy atom. The molecule has 1 aromatic carbocycles. The van der Waals surface area contributed by atoms with Crippen LogP contribution in [-0.2, 0) is 0 Å². The number of hydrogen-bond donors (Lipinski definition) is 1. The molecule has 0 saturated heterocycles. The molecule has 13 heavy (non-hydrogen) atoms. The van der Waals surface area contributed by atoms with Gasteiger partial charge in [-0.05, 0) is 34.1 Å². The molecule has 0 heterocycles. The number of halogens is 2. The third kappa shape index (κ3) is 3.17. The lowest BCUT2D eigenvalue weighted by Gasteiger charge is -1.93. The third-order valence-electron chi connectivity index (χ3n) is 1.39. The van der Waals surface area contributed by atoms with Gasteiger partial charge in [-0.3, -0.25) is 0 Å². The van der Waals surface area contributed by atoms with E-state index in [-0.39, 0.29) is 12.4 Å². The summed E-state index contributed by atoms with van der Waals surface area (Å²) >= 11 is 3.05. The van der Waals surface area contributed by atoms with Crippen LogP contribution in [0.1, 0.15) is 12.0 Å². The minimum Gasteiger partial charge on any atom is -0.395 e. The van der Waals surface area contributed by atoms with E-state index in [0.29, 0.717) is 16.5 Å². The molecule has 0 amide bonds. The van der Waals surface area contributed by atoms with Gasteiger partial charge < -0.3 is 5.11 Å². The van der Waals surface area contributed by atoms with E-state index in [0.717, 1.165) is 0 Å². The van der Waals surface area contributed by atoms with Crippen LogP contribution in [0.4, 0.5) is 4.39 Å². The first kappa shape index (κ1) is 10.2. The Labute approximate surface area is 84.7 Å². The second-order valence-electron chi connectivity index (χ2n) is 2.40. The molecule has 1 aromatic rings. The van der Waals surface area contributed by atoms with E-state index in [9.17, 15) is 4.39 Å². The van der Waals surface area contributed by atoms with Gasteiger partial charge in [-0.2, -0.15) is 0 Å². The van der Waals surface area contributed by atoms with E-state index in [2.05, 4.69) is 27.8 Å². The largest absolute Gasteiger partial charge is 0.395 e. The van der Waals surface area contributed by atoms with Gasteiger partial charge in [0.1, 0.15) is 5.82 Å². The molecule has 0 unspecified atom stereocenters. The van der Waals surface area contributed by atoms with Crippen molar-refractivity contribution in [3.8, 4) is 11.8 Å². The average molecular weight is 243 g/mol. The Hall–Kier alpha value is -0.850. The highest BCUT2D eigenvalue weighted by Gasteiger charge is 1.97. The lowest BCUT2D eigenvalue weighted by atomic mass is 10.2. The van der Waals surface area contributed by atoms with E-state index in [1.807, 2.05) is 0 Å². The topological polar surface area (TPSA) is 20.2 Å². The predicted octanol–water partition coefficient (Wildman–Crippen LogP) is 2.32. The van der Waals surface area contributed by atoms with Crippen LogP contribution >= 0.6 is 15.9 Å². The van der Waals surface area contributed by atoms with Gasteiger partial charge in [-0.15, -0.1) is 0 Å². The fourth-order valence-electron chi connectivity index (χ4n) is 0.794. The van der Waals surface area contributed by atoms with Crippen LogP contribution in [-0.4, -0.2) is 11.7 Å². The standard InChI is InChI=1S/C10H8BrFO/c11-9-5-4-8(7-10(9)12)3-1-2-6-13/h4-5,7,13H,2,6H2. The third-order valence-corrected chi connectivity index (χ3v) is 2.03. The van der Waals surface area contributed by atoms with Crippen LogP contribution in [0.2, 0.25) is 0 Å². The minimum atomic E-state index is -0.323. The first-order valence-corrected chi connectivity index (χ1v) is 4.58. The summed E-state index contributed by atoms with van der Waals surface area (Å²) in [5.41, 5.74) is 0.620. The van der Waals surface area contributed by atoms with Crippen molar-refractivity contribution >= 4 is 15.9 Å². The summed E-state index contributed by atoms with van der Waals surface area (Å²) in [5, 5.41) is 8.46. The van der Waals surface area contributed by atoms with E-state index < -0.39 is 0 Å². The van der Waals surface area contributed by atoms with Crippen LogP contribution in [0.25, 0.3) is 0 Å². The van der Waals surface area contributed by atoms with E-state index >= 15 is 0 Å². The molecule has 1 N–H and O–H groups in total. The lowest BCUT2D eigenvalue weighted by molar-refractivity contribution is 0.305. The van der Waals surface area contributed by atoms with Crippen molar-refractivity contribution in [3.63, 3.8) is 0 Å². The molecule has 0 atom stereocenters. The van der Waals surface area contributed by atoms with Crippen molar-refractivity contribution in [3.05, 3.63) is 34.1 Å². The number of rotatable bonds is 1. The molecule has 0 bridgehead atoms. The van der Waals surface area contributed by atoms with Gasteiger partial charge in [0.2, 0.25) is 0 Å². The fraction of sp³-hybridized carbons (Fsp3) is 0.200. The zero-order valence-electron chi connectivity index (χ0n) is 6.85. The van der Waals surface area contributed by atoms with Crippen LogP contribution < -0.4 is 0 Å². The molecule has 0 aliphatic heterocycles. The zero-order chi connectivity index (χ0) is 9.68. The molecule has 0 aromatic heterocycles. The summed E-state index contributed by atoms with van der Waals surface area (Å²) in [6, 6.07) is 4.68. The van der Waals surface area contributed by atoms with E-state index in [1.165, 1.54) is 6.07 Å². The molecule has 1 nitrogen and oxygen atoms in total. The maximum atomic E-state index is 12.9. The molecule has 3 heteroatoms. The first-order chi connectivity index (χ1) is 6.24. The van der Waals surface area contributed by atoms with Gasteiger partial charge in [0.25, 0.3) is 0 Å². The summed E-state index contributed by atoms with van der Waals surface area (Å²) in [6.07, 6.45) is 0.414. The molecule has 0 saturated carbocycles. The van der Waals surface area contributed by atoms with Crippen molar-refractivity contribution in [1.82, 2.24) is 0 Å². The maximum absolute atomic E-state index is 12.9. The molecule has 0 aliphatic rings. The van der Waals surface area contributed by atoms with Crippen molar-refractivity contribution < 1.29 is 9.50 Å². The summed E-state index contributed by atoms with van der Waals surface area (Å²) in [7, 11) is 0. The molecule has 0 radical (unpaired) electrons. The highest BCUT2D eigenvalue weighted by Crippen LogP contribution is 2.15. The Morgan fingerprint density at radius 2 is 2.23 bits per heavy atom.